The van der Waals surface area contributed by atoms with E-state index in [1.807, 2.05) is 13.8 Å². The molecule has 1 amide bonds. The third kappa shape index (κ3) is 3.51. The number of rotatable bonds is 6. The first-order chi connectivity index (χ1) is 10.5. The molecule has 1 aromatic heterocycles. The fraction of sp³-hybridized carbons (Fsp3) is 0.375. The van der Waals surface area contributed by atoms with Crippen molar-refractivity contribution in [3.05, 3.63) is 47.5 Å². The van der Waals surface area contributed by atoms with Gasteiger partial charge in [-0.05, 0) is 32.5 Å². The predicted octanol–water partition coefficient (Wildman–Crippen LogP) is 2.05. The minimum Gasteiger partial charge on any atom is -0.350 e. The normalized spacial score (nSPS) is 12.2. The van der Waals surface area contributed by atoms with Crippen LogP contribution in [0.3, 0.4) is 0 Å². The first-order valence-corrected chi connectivity index (χ1v) is 7.35. The summed E-state index contributed by atoms with van der Waals surface area (Å²) >= 11 is 0. The van der Waals surface area contributed by atoms with E-state index in [0.29, 0.717) is 23.5 Å². The highest BCUT2D eigenvalue weighted by Crippen LogP contribution is 2.16. The van der Waals surface area contributed by atoms with Gasteiger partial charge in [-0.25, -0.2) is 9.07 Å². The van der Waals surface area contributed by atoms with Crippen LogP contribution in [0, 0.1) is 12.7 Å². The standard InChI is InChI=1S/C16H21FN4O/c1-4-18-11(2)9-19-16(22)13-10-20-21(12(13)3)15-8-6-5-7-14(15)17/h5-8,10-11,18H,4,9H2,1-3H3,(H,19,22)/t11-/m1/s1. The number of aromatic nitrogens is 2. The Labute approximate surface area is 129 Å². The van der Waals surface area contributed by atoms with E-state index in [1.165, 1.54) is 16.9 Å². The van der Waals surface area contributed by atoms with E-state index in [9.17, 15) is 9.18 Å². The van der Waals surface area contributed by atoms with Crippen LogP contribution in [0.25, 0.3) is 5.69 Å². The van der Waals surface area contributed by atoms with Crippen LogP contribution < -0.4 is 10.6 Å². The molecule has 0 unspecified atom stereocenters. The summed E-state index contributed by atoms with van der Waals surface area (Å²) in [6.07, 6.45) is 1.47. The molecule has 1 heterocycles. The Morgan fingerprint density at radius 1 is 1.41 bits per heavy atom. The van der Waals surface area contributed by atoms with Crippen LogP contribution >= 0.6 is 0 Å². The molecule has 118 valence electrons. The van der Waals surface area contributed by atoms with Gasteiger partial charge in [-0.3, -0.25) is 4.79 Å². The van der Waals surface area contributed by atoms with E-state index in [0.717, 1.165) is 6.54 Å². The second kappa shape index (κ2) is 7.17. The van der Waals surface area contributed by atoms with Gasteiger partial charge in [0.15, 0.2) is 0 Å². The van der Waals surface area contributed by atoms with Crippen LogP contribution in [0.4, 0.5) is 4.39 Å². The lowest BCUT2D eigenvalue weighted by molar-refractivity contribution is 0.0949. The Morgan fingerprint density at radius 2 is 2.14 bits per heavy atom. The maximum absolute atomic E-state index is 13.8. The number of amides is 1. The van der Waals surface area contributed by atoms with Gasteiger partial charge in [-0.1, -0.05) is 19.1 Å². The molecule has 0 aliphatic rings. The van der Waals surface area contributed by atoms with Gasteiger partial charge in [0.2, 0.25) is 0 Å². The summed E-state index contributed by atoms with van der Waals surface area (Å²) in [5.74, 6) is -0.578. The average Bonchev–Trinajstić information content (AvgIpc) is 2.87. The number of benzene rings is 1. The molecule has 0 radical (unpaired) electrons. The lowest BCUT2D eigenvalue weighted by Gasteiger charge is -2.13. The van der Waals surface area contributed by atoms with Crippen molar-refractivity contribution in [2.75, 3.05) is 13.1 Å². The Kier molecular flexibility index (Phi) is 5.27. The number of nitrogens with one attached hydrogen (secondary N) is 2. The van der Waals surface area contributed by atoms with Gasteiger partial charge in [0.1, 0.15) is 11.5 Å². The average molecular weight is 304 g/mol. The van der Waals surface area contributed by atoms with E-state index in [4.69, 9.17) is 0 Å². The van der Waals surface area contributed by atoms with Crippen LogP contribution in [0.2, 0.25) is 0 Å². The van der Waals surface area contributed by atoms with E-state index in [-0.39, 0.29) is 17.8 Å². The molecule has 2 N–H and O–H groups in total. The minimum atomic E-state index is -0.374. The summed E-state index contributed by atoms with van der Waals surface area (Å²) in [7, 11) is 0. The molecule has 0 aliphatic carbocycles. The molecule has 0 aliphatic heterocycles. The molecule has 2 rings (SSSR count). The van der Waals surface area contributed by atoms with Gasteiger partial charge in [-0.15, -0.1) is 0 Å². The molecule has 1 atom stereocenters. The van der Waals surface area contributed by atoms with Crippen LogP contribution in [0.15, 0.2) is 30.5 Å². The molecule has 22 heavy (non-hydrogen) atoms. The second-order valence-electron chi connectivity index (χ2n) is 5.18. The zero-order valence-electron chi connectivity index (χ0n) is 13.1. The van der Waals surface area contributed by atoms with Gasteiger partial charge in [-0.2, -0.15) is 5.10 Å². The summed E-state index contributed by atoms with van der Waals surface area (Å²) in [5.41, 5.74) is 1.39. The smallest absolute Gasteiger partial charge is 0.254 e. The fourth-order valence-corrected chi connectivity index (χ4v) is 2.26. The lowest BCUT2D eigenvalue weighted by atomic mass is 10.2. The van der Waals surface area contributed by atoms with Crippen LogP contribution in [0.1, 0.15) is 29.9 Å². The van der Waals surface area contributed by atoms with Gasteiger partial charge in [0, 0.05) is 12.6 Å². The summed E-state index contributed by atoms with van der Waals surface area (Å²) in [5, 5.41) is 10.2. The molecule has 0 bridgehead atoms. The number of carbonyl (C=O) groups excluding carboxylic acids is 1. The van der Waals surface area contributed by atoms with Gasteiger partial charge in [0.05, 0.1) is 17.5 Å². The molecule has 2 aromatic rings. The summed E-state index contributed by atoms with van der Waals surface area (Å²) in [4.78, 5) is 12.2. The topological polar surface area (TPSA) is 58.9 Å². The summed E-state index contributed by atoms with van der Waals surface area (Å²) in [6, 6.07) is 6.54. The largest absolute Gasteiger partial charge is 0.350 e. The maximum Gasteiger partial charge on any atom is 0.254 e. The van der Waals surface area contributed by atoms with Crippen molar-refractivity contribution in [3.63, 3.8) is 0 Å². The number of carbonyl (C=O) groups is 1. The number of para-hydroxylation sites is 1. The fourth-order valence-electron chi connectivity index (χ4n) is 2.26. The van der Waals surface area contributed by atoms with Crippen molar-refractivity contribution < 1.29 is 9.18 Å². The Morgan fingerprint density at radius 3 is 2.82 bits per heavy atom. The van der Waals surface area contributed by atoms with Crippen molar-refractivity contribution in [1.82, 2.24) is 20.4 Å². The zero-order valence-corrected chi connectivity index (χ0v) is 13.1. The third-order valence-corrected chi connectivity index (χ3v) is 3.46. The van der Waals surface area contributed by atoms with Crippen LogP contribution in [-0.2, 0) is 0 Å². The molecule has 5 nitrogen and oxygen atoms in total. The van der Waals surface area contributed by atoms with Gasteiger partial charge in [0.25, 0.3) is 5.91 Å². The second-order valence-corrected chi connectivity index (χ2v) is 5.18. The molecule has 0 fully saturated rings. The quantitative estimate of drug-likeness (QED) is 0.858. The predicted molar refractivity (Wildman–Crippen MR) is 83.7 cm³/mol. The molecule has 0 saturated heterocycles. The minimum absolute atomic E-state index is 0.191. The maximum atomic E-state index is 13.8. The zero-order chi connectivity index (χ0) is 16.1. The Hall–Kier alpha value is -2.21. The Balaban J connectivity index is 2.14. The highest BCUT2D eigenvalue weighted by molar-refractivity contribution is 5.95. The highest BCUT2D eigenvalue weighted by atomic mass is 19.1. The molecule has 1 aromatic carbocycles. The van der Waals surface area contributed by atoms with E-state index in [2.05, 4.69) is 15.7 Å². The first-order valence-electron chi connectivity index (χ1n) is 7.35. The van der Waals surface area contributed by atoms with Crippen molar-refractivity contribution in [2.24, 2.45) is 0 Å². The SMILES string of the molecule is CCN[C@H](C)CNC(=O)c1cnn(-c2ccccc2F)c1C. The number of hydrogen-bond acceptors (Lipinski definition) is 3. The van der Waals surface area contributed by atoms with E-state index in [1.54, 1.807) is 25.1 Å². The van der Waals surface area contributed by atoms with Crippen molar-refractivity contribution in [3.8, 4) is 5.69 Å². The number of hydrogen-bond donors (Lipinski definition) is 2. The molecule has 0 saturated carbocycles. The summed E-state index contributed by atoms with van der Waals surface area (Å²) in [6.45, 7) is 7.14. The van der Waals surface area contributed by atoms with Crippen molar-refractivity contribution >= 4 is 5.91 Å². The van der Waals surface area contributed by atoms with Crippen LogP contribution in [0.5, 0.6) is 0 Å². The van der Waals surface area contributed by atoms with Crippen molar-refractivity contribution in [1.29, 1.82) is 0 Å². The third-order valence-electron chi connectivity index (χ3n) is 3.46. The molecular weight excluding hydrogens is 283 g/mol. The number of halogens is 1. The first kappa shape index (κ1) is 16.2. The number of likely N-dealkylation sites (N-methyl/N-ethyl adjacent to an activating group) is 1. The van der Waals surface area contributed by atoms with Crippen molar-refractivity contribution in [2.45, 2.75) is 26.8 Å². The summed E-state index contributed by atoms with van der Waals surface area (Å²) < 4.78 is 15.3. The van der Waals surface area contributed by atoms with Gasteiger partial charge < -0.3 is 10.6 Å². The number of nitrogens with zero attached hydrogens (tertiary/aromatic N) is 2. The molecule has 6 heteroatoms. The van der Waals surface area contributed by atoms with E-state index < -0.39 is 0 Å². The monoisotopic (exact) mass is 304 g/mol. The van der Waals surface area contributed by atoms with Crippen LogP contribution in [-0.4, -0.2) is 34.8 Å². The lowest BCUT2D eigenvalue weighted by Crippen LogP contribution is -2.38. The van der Waals surface area contributed by atoms with E-state index >= 15 is 0 Å². The highest BCUT2D eigenvalue weighted by Gasteiger charge is 2.16. The molecular formula is C16H21FN4O. The molecule has 0 spiro atoms. The van der Waals surface area contributed by atoms with Gasteiger partial charge >= 0.3 is 0 Å². The Bertz CT molecular complexity index is 653.